The second kappa shape index (κ2) is 15.6. The summed E-state index contributed by atoms with van der Waals surface area (Å²) in [7, 11) is 1.65. The molecule has 188 valence electrons. The van der Waals surface area contributed by atoms with Crippen molar-refractivity contribution in [3.05, 3.63) is 70.3 Å². The molecule has 1 fully saturated rings. The molecule has 1 aromatic rings. The molecule has 0 bridgehead atoms. The van der Waals surface area contributed by atoms with Crippen LogP contribution in [0.3, 0.4) is 0 Å². The normalized spacial score (nSPS) is 22.7. The van der Waals surface area contributed by atoms with Crippen molar-refractivity contribution in [3.8, 4) is 0 Å². The van der Waals surface area contributed by atoms with Gasteiger partial charge in [0.25, 0.3) is 0 Å². The number of ether oxygens (including phenoxy) is 2. The lowest BCUT2D eigenvalue weighted by molar-refractivity contribution is -0.127. The third-order valence-electron chi connectivity index (χ3n) is 5.67. The summed E-state index contributed by atoms with van der Waals surface area (Å²) in [5.74, 6) is 1.45. The van der Waals surface area contributed by atoms with Crippen LogP contribution in [0, 0.1) is 0 Å². The summed E-state index contributed by atoms with van der Waals surface area (Å²) in [6, 6.07) is 7.62. The van der Waals surface area contributed by atoms with Crippen molar-refractivity contribution in [3.63, 3.8) is 0 Å². The predicted octanol–water partition coefficient (Wildman–Crippen LogP) is 6.57. The van der Waals surface area contributed by atoms with Gasteiger partial charge in [0.05, 0.1) is 13.0 Å². The lowest BCUT2D eigenvalue weighted by atomic mass is 9.98. The van der Waals surface area contributed by atoms with Crippen LogP contribution in [-0.4, -0.2) is 44.2 Å². The summed E-state index contributed by atoms with van der Waals surface area (Å²) in [5, 5.41) is 4.05. The quantitative estimate of drug-likeness (QED) is 0.378. The fourth-order valence-corrected chi connectivity index (χ4v) is 4.17. The Hall–Kier alpha value is -2.24. The Morgan fingerprint density at radius 1 is 1.15 bits per heavy atom. The topological polar surface area (TPSA) is 50.8 Å². The molecule has 1 N–H and O–H groups in total. The minimum atomic E-state index is -0.134. The van der Waals surface area contributed by atoms with E-state index in [0.29, 0.717) is 23.9 Å². The van der Waals surface area contributed by atoms with Gasteiger partial charge in [0.1, 0.15) is 6.61 Å². The second-order valence-corrected chi connectivity index (χ2v) is 8.98. The van der Waals surface area contributed by atoms with E-state index < -0.39 is 0 Å². The number of allylic oxidation sites excluding steroid dienone is 4. The minimum Gasteiger partial charge on any atom is -0.493 e. The Bertz CT molecular complexity index is 863. The molecule has 1 unspecified atom stereocenters. The number of carbonyl (C=O) groups excluding carboxylic acids is 1. The fourth-order valence-electron chi connectivity index (χ4n) is 3.97. The minimum absolute atomic E-state index is 0.134. The van der Waals surface area contributed by atoms with Crippen molar-refractivity contribution in [2.75, 3.05) is 33.4 Å². The lowest BCUT2D eigenvalue weighted by Gasteiger charge is -2.22. The number of carbonyl (C=O) groups is 1. The van der Waals surface area contributed by atoms with Gasteiger partial charge in [-0.1, -0.05) is 57.3 Å². The van der Waals surface area contributed by atoms with Crippen LogP contribution in [0.25, 0.3) is 0 Å². The summed E-state index contributed by atoms with van der Waals surface area (Å²) in [5.41, 5.74) is 2.00. The second-order valence-electron chi connectivity index (χ2n) is 8.55. The van der Waals surface area contributed by atoms with Gasteiger partial charge in [0, 0.05) is 23.8 Å². The van der Waals surface area contributed by atoms with Crippen LogP contribution in [0.4, 0.5) is 0 Å². The average molecular weight is 489 g/mol. The van der Waals surface area contributed by atoms with Crippen molar-refractivity contribution in [1.82, 2.24) is 10.2 Å². The number of likely N-dealkylation sites (tertiary alicyclic amines) is 1. The molecule has 1 saturated heterocycles. The Balaban J connectivity index is 0.00000129. The summed E-state index contributed by atoms with van der Waals surface area (Å²) in [6.45, 7) is 9.57. The number of nitrogens with one attached hydrogen (secondary N) is 1. The Morgan fingerprint density at radius 3 is 2.65 bits per heavy atom. The highest BCUT2D eigenvalue weighted by atomic mass is 35.5. The molecule has 0 spiro atoms. The fraction of sp³-hybridized carbons (Fsp3) is 0.536. The van der Waals surface area contributed by atoms with E-state index in [2.05, 4.69) is 32.2 Å². The van der Waals surface area contributed by atoms with Crippen molar-refractivity contribution in [2.24, 2.45) is 0 Å². The molecular formula is C28H41ClN2O3. The standard InChI is InChI=1S/C25H33ClN2O3.C3H8/c1-3-4-14-27-15-17-31-24-10-6-9-21(11-12-23(24)30-2)28-16-13-22(25(28)29)19-7-5-8-20(26)18-19;1-3-2/h5,7-8,10-12,18,22,27H,3-4,6,9,13-17H2,1-2H3;3H2,1-2H3/b21-11-,23-12+,24-10+;. The number of hydrogen-bond acceptors (Lipinski definition) is 4. The third-order valence-corrected chi connectivity index (χ3v) is 5.90. The molecule has 1 amide bonds. The molecule has 1 heterocycles. The van der Waals surface area contributed by atoms with E-state index in [9.17, 15) is 4.79 Å². The van der Waals surface area contributed by atoms with Gasteiger partial charge < -0.3 is 19.7 Å². The molecule has 34 heavy (non-hydrogen) atoms. The predicted molar refractivity (Wildman–Crippen MR) is 141 cm³/mol. The van der Waals surface area contributed by atoms with Crippen LogP contribution in [0.15, 0.2) is 59.7 Å². The highest BCUT2D eigenvalue weighted by molar-refractivity contribution is 6.30. The number of rotatable bonds is 10. The van der Waals surface area contributed by atoms with Gasteiger partial charge in [0.2, 0.25) is 5.91 Å². The van der Waals surface area contributed by atoms with Crippen LogP contribution in [0.2, 0.25) is 5.02 Å². The van der Waals surface area contributed by atoms with Crippen molar-refractivity contribution < 1.29 is 14.3 Å². The maximum atomic E-state index is 13.1. The first kappa shape index (κ1) is 28.0. The zero-order chi connectivity index (χ0) is 24.8. The number of benzene rings is 1. The molecule has 2 aliphatic rings. The zero-order valence-corrected chi connectivity index (χ0v) is 22.0. The largest absolute Gasteiger partial charge is 0.493 e. The number of unbranched alkanes of at least 4 members (excludes halogenated alkanes) is 1. The van der Waals surface area contributed by atoms with E-state index in [1.165, 1.54) is 19.3 Å². The van der Waals surface area contributed by atoms with E-state index in [1.54, 1.807) is 7.11 Å². The van der Waals surface area contributed by atoms with Gasteiger partial charge in [-0.2, -0.15) is 0 Å². The van der Waals surface area contributed by atoms with Crippen molar-refractivity contribution >= 4 is 17.5 Å². The van der Waals surface area contributed by atoms with E-state index in [4.69, 9.17) is 21.1 Å². The molecule has 6 heteroatoms. The molecular weight excluding hydrogens is 448 g/mol. The lowest BCUT2D eigenvalue weighted by Crippen LogP contribution is -2.26. The van der Waals surface area contributed by atoms with Gasteiger partial charge in [-0.3, -0.25) is 4.79 Å². The van der Waals surface area contributed by atoms with Gasteiger partial charge in [-0.15, -0.1) is 0 Å². The zero-order valence-electron chi connectivity index (χ0n) is 21.2. The number of amides is 1. The number of nitrogens with zero attached hydrogens (tertiary/aromatic N) is 1. The first-order valence-electron chi connectivity index (χ1n) is 12.6. The van der Waals surface area contributed by atoms with E-state index in [-0.39, 0.29) is 11.8 Å². The Morgan fingerprint density at radius 2 is 1.94 bits per heavy atom. The highest BCUT2D eigenvalue weighted by Crippen LogP contribution is 2.34. The summed E-state index contributed by atoms with van der Waals surface area (Å²) >= 11 is 6.13. The number of halogens is 1. The van der Waals surface area contributed by atoms with Gasteiger partial charge in [-0.05, 0) is 68.2 Å². The van der Waals surface area contributed by atoms with Gasteiger partial charge >= 0.3 is 0 Å². The molecule has 1 aliphatic carbocycles. The molecule has 1 aliphatic heterocycles. The summed E-state index contributed by atoms with van der Waals surface area (Å²) in [6.07, 6.45) is 11.9. The van der Waals surface area contributed by atoms with Gasteiger partial charge in [0.15, 0.2) is 11.5 Å². The molecule has 1 aromatic carbocycles. The molecule has 1 atom stereocenters. The molecule has 0 radical (unpaired) electrons. The average Bonchev–Trinajstić information content (AvgIpc) is 3.19. The maximum absolute atomic E-state index is 13.1. The van der Waals surface area contributed by atoms with E-state index in [1.807, 2.05) is 41.3 Å². The van der Waals surface area contributed by atoms with E-state index in [0.717, 1.165) is 49.4 Å². The molecule has 0 aromatic heterocycles. The Kier molecular flexibility index (Phi) is 12.9. The van der Waals surface area contributed by atoms with Crippen LogP contribution >= 0.6 is 11.6 Å². The van der Waals surface area contributed by atoms with Crippen molar-refractivity contribution in [2.45, 2.75) is 65.2 Å². The Labute approximate surface area is 210 Å². The van der Waals surface area contributed by atoms with Crippen molar-refractivity contribution in [1.29, 1.82) is 0 Å². The van der Waals surface area contributed by atoms with Crippen LogP contribution in [0.5, 0.6) is 0 Å². The number of methoxy groups -OCH3 is 1. The SMILES string of the molecule is CCC.CCCCNCCOC1=C/CC/C(N2CCC(c3cccc(Cl)c3)C2=O)=C/C=C\1OC. The van der Waals surface area contributed by atoms with Crippen LogP contribution < -0.4 is 5.32 Å². The first-order chi connectivity index (χ1) is 16.5. The first-order valence-corrected chi connectivity index (χ1v) is 13.0. The molecule has 5 nitrogen and oxygen atoms in total. The van der Waals surface area contributed by atoms with Gasteiger partial charge in [-0.25, -0.2) is 0 Å². The molecule has 0 saturated carbocycles. The van der Waals surface area contributed by atoms with E-state index >= 15 is 0 Å². The maximum Gasteiger partial charge on any atom is 0.234 e. The van der Waals surface area contributed by atoms with Crippen LogP contribution in [-0.2, 0) is 14.3 Å². The van der Waals surface area contributed by atoms with Crippen LogP contribution in [0.1, 0.15) is 70.8 Å². The summed E-state index contributed by atoms with van der Waals surface area (Å²) in [4.78, 5) is 15.0. The highest BCUT2D eigenvalue weighted by Gasteiger charge is 2.34. The monoisotopic (exact) mass is 488 g/mol. The third kappa shape index (κ3) is 8.52. The summed E-state index contributed by atoms with van der Waals surface area (Å²) < 4.78 is 11.5. The smallest absolute Gasteiger partial charge is 0.234 e. The number of hydrogen-bond donors (Lipinski definition) is 1. The molecule has 3 rings (SSSR count).